The van der Waals surface area contributed by atoms with Gasteiger partial charge in [-0.2, -0.15) is 5.11 Å². The second kappa shape index (κ2) is 8.20. The summed E-state index contributed by atoms with van der Waals surface area (Å²) in [6.07, 6.45) is 0. The van der Waals surface area contributed by atoms with Crippen LogP contribution in [0.4, 0.5) is 0 Å². The van der Waals surface area contributed by atoms with Gasteiger partial charge in [0.15, 0.2) is 11.9 Å². The van der Waals surface area contributed by atoms with E-state index < -0.39 is 6.04 Å². The molecule has 0 aliphatic carbocycles. The predicted octanol–water partition coefficient (Wildman–Crippen LogP) is 6.29. The minimum Gasteiger partial charge on any atom is -0.508 e. The lowest BCUT2D eigenvalue weighted by atomic mass is 10.0. The monoisotopic (exact) mass is 400 g/mol. The number of aromatic hydroxyl groups is 1. The topological polar surface area (TPSA) is 82.2 Å². The first-order valence-electron chi connectivity index (χ1n) is 9.00. The van der Waals surface area contributed by atoms with E-state index in [0.29, 0.717) is 16.5 Å². The van der Waals surface area contributed by atoms with Crippen LogP contribution in [-0.2, 0) is 0 Å². The molecular weight excluding hydrogens is 384 g/mol. The van der Waals surface area contributed by atoms with Gasteiger partial charge >= 0.3 is 0 Å². The molecule has 5 nitrogen and oxygen atoms in total. The maximum absolute atomic E-state index is 9.57. The quantitative estimate of drug-likeness (QED) is 0.386. The summed E-state index contributed by atoms with van der Waals surface area (Å²) in [5, 5.41) is 13.9. The van der Waals surface area contributed by atoms with E-state index in [0.717, 1.165) is 22.4 Å². The van der Waals surface area contributed by atoms with Crippen molar-refractivity contribution in [2.45, 2.75) is 6.04 Å². The molecule has 0 saturated carbocycles. The number of phenols is 1. The number of phenolic OH excluding ortho intramolecular Hbond substituents is 1. The lowest BCUT2D eigenvalue weighted by Crippen LogP contribution is -2.06. The molecule has 4 rings (SSSR count). The Hall–Kier alpha value is -3.57. The lowest BCUT2D eigenvalue weighted by molar-refractivity contribution is 0.475. The van der Waals surface area contributed by atoms with E-state index in [1.807, 2.05) is 60.7 Å². The van der Waals surface area contributed by atoms with Crippen molar-refractivity contribution in [2.24, 2.45) is 5.11 Å². The molecule has 4 aromatic rings. The van der Waals surface area contributed by atoms with Gasteiger partial charge in [-0.1, -0.05) is 66.2 Å². The van der Waals surface area contributed by atoms with Gasteiger partial charge < -0.3 is 5.11 Å². The Bertz CT molecular complexity index is 1150. The van der Waals surface area contributed by atoms with Crippen molar-refractivity contribution in [1.82, 2.24) is 9.97 Å². The van der Waals surface area contributed by atoms with E-state index in [2.05, 4.69) is 5.11 Å². The van der Waals surface area contributed by atoms with Crippen LogP contribution in [0.3, 0.4) is 0 Å². The van der Waals surface area contributed by atoms with Crippen LogP contribution >= 0.6 is 11.6 Å². The molecule has 142 valence electrons. The van der Waals surface area contributed by atoms with Crippen LogP contribution in [0.1, 0.15) is 17.4 Å². The molecule has 0 spiro atoms. The Morgan fingerprint density at radius 2 is 1.45 bits per heavy atom. The van der Waals surface area contributed by atoms with Crippen LogP contribution in [0.2, 0.25) is 5.02 Å². The average molecular weight is 401 g/mol. The van der Waals surface area contributed by atoms with Crippen molar-refractivity contribution < 1.29 is 5.11 Å². The Balaban J connectivity index is 1.89. The predicted molar refractivity (Wildman–Crippen MR) is 113 cm³/mol. The molecule has 0 aliphatic heterocycles. The molecule has 0 radical (unpaired) electrons. The van der Waals surface area contributed by atoms with E-state index in [1.165, 1.54) is 0 Å². The molecule has 2 N–H and O–H groups in total. The van der Waals surface area contributed by atoms with Crippen molar-refractivity contribution in [3.05, 3.63) is 101 Å². The minimum absolute atomic E-state index is 0.149. The second-order valence-electron chi connectivity index (χ2n) is 6.50. The smallest absolute Gasteiger partial charge is 0.160 e. The van der Waals surface area contributed by atoms with E-state index >= 15 is 0 Å². The third kappa shape index (κ3) is 4.15. The molecule has 0 bridgehead atoms. The van der Waals surface area contributed by atoms with E-state index in [-0.39, 0.29) is 5.75 Å². The van der Waals surface area contributed by atoms with Crippen molar-refractivity contribution in [2.75, 3.05) is 0 Å². The Kier molecular flexibility index (Phi) is 5.31. The Morgan fingerprint density at radius 1 is 0.793 bits per heavy atom. The van der Waals surface area contributed by atoms with Crippen LogP contribution in [0.5, 0.6) is 5.75 Å². The SMILES string of the molecule is N=NC(c1ccc(O)cc1)c1nc(-c2ccccc2)cc(-c2cccc(Cl)c2)n1. The highest BCUT2D eigenvalue weighted by Crippen LogP contribution is 2.31. The number of nitrogens with zero attached hydrogens (tertiary/aromatic N) is 3. The molecule has 3 aromatic carbocycles. The molecule has 0 fully saturated rings. The van der Waals surface area contributed by atoms with Crippen molar-refractivity contribution in [3.63, 3.8) is 0 Å². The average Bonchev–Trinajstić information content (AvgIpc) is 2.76. The van der Waals surface area contributed by atoms with Gasteiger partial charge in [-0.3, -0.25) is 0 Å². The Morgan fingerprint density at radius 3 is 2.10 bits per heavy atom. The van der Waals surface area contributed by atoms with Gasteiger partial charge in [0.2, 0.25) is 0 Å². The highest BCUT2D eigenvalue weighted by Gasteiger charge is 2.19. The van der Waals surface area contributed by atoms with Gasteiger partial charge in [-0.05, 0) is 35.9 Å². The minimum atomic E-state index is -0.683. The van der Waals surface area contributed by atoms with Crippen LogP contribution in [0.15, 0.2) is 90.0 Å². The summed E-state index contributed by atoms with van der Waals surface area (Å²) in [7, 11) is 0. The van der Waals surface area contributed by atoms with E-state index in [1.54, 1.807) is 24.3 Å². The van der Waals surface area contributed by atoms with Gasteiger partial charge in [0.25, 0.3) is 0 Å². The number of aromatic nitrogens is 2. The maximum atomic E-state index is 9.57. The zero-order chi connectivity index (χ0) is 20.2. The molecule has 0 amide bonds. The van der Waals surface area contributed by atoms with Crippen LogP contribution in [0.25, 0.3) is 22.5 Å². The number of rotatable bonds is 5. The standard InChI is InChI=1S/C23H17ClN4O/c24-18-8-4-7-17(13-18)21-14-20(15-5-2-1-3-6-15)26-23(27-21)22(28-25)16-9-11-19(29)12-10-16/h1-14,22,25,29H. The Labute approximate surface area is 173 Å². The summed E-state index contributed by atoms with van der Waals surface area (Å²) in [5.74, 6) is 0.554. The van der Waals surface area contributed by atoms with Gasteiger partial charge in [0.1, 0.15) is 5.75 Å². The highest BCUT2D eigenvalue weighted by atomic mass is 35.5. The van der Waals surface area contributed by atoms with Gasteiger partial charge in [0, 0.05) is 16.1 Å². The first kappa shape index (κ1) is 18.8. The third-order valence-electron chi connectivity index (χ3n) is 4.52. The zero-order valence-corrected chi connectivity index (χ0v) is 16.1. The number of hydrogen-bond donors (Lipinski definition) is 2. The van der Waals surface area contributed by atoms with Crippen molar-refractivity contribution in [1.29, 1.82) is 5.53 Å². The third-order valence-corrected chi connectivity index (χ3v) is 4.75. The number of nitrogens with one attached hydrogen (secondary N) is 1. The highest BCUT2D eigenvalue weighted by molar-refractivity contribution is 6.30. The molecule has 0 aliphatic rings. The van der Waals surface area contributed by atoms with Gasteiger partial charge in [-0.15, -0.1) is 0 Å². The number of halogens is 1. The fraction of sp³-hybridized carbons (Fsp3) is 0.0435. The first-order chi connectivity index (χ1) is 14.1. The molecule has 1 atom stereocenters. The lowest BCUT2D eigenvalue weighted by Gasteiger charge is -2.14. The first-order valence-corrected chi connectivity index (χ1v) is 9.37. The van der Waals surface area contributed by atoms with E-state index in [9.17, 15) is 5.11 Å². The van der Waals surface area contributed by atoms with Gasteiger partial charge in [0.05, 0.1) is 11.4 Å². The number of hydrogen-bond acceptors (Lipinski definition) is 5. The summed E-state index contributed by atoms with van der Waals surface area (Å²) in [6.45, 7) is 0. The molecule has 1 unspecified atom stereocenters. The fourth-order valence-corrected chi connectivity index (χ4v) is 3.27. The summed E-state index contributed by atoms with van der Waals surface area (Å²) < 4.78 is 0. The van der Waals surface area contributed by atoms with Crippen molar-refractivity contribution >= 4 is 11.6 Å². The largest absolute Gasteiger partial charge is 0.508 e. The van der Waals surface area contributed by atoms with Gasteiger partial charge in [-0.25, -0.2) is 15.5 Å². The fourth-order valence-electron chi connectivity index (χ4n) is 3.08. The summed E-state index contributed by atoms with van der Waals surface area (Å²) in [6, 6.07) is 25.0. The number of benzene rings is 3. The molecule has 29 heavy (non-hydrogen) atoms. The molecular formula is C23H17ClN4O. The van der Waals surface area contributed by atoms with Crippen LogP contribution < -0.4 is 0 Å². The molecule has 1 aromatic heterocycles. The zero-order valence-electron chi connectivity index (χ0n) is 15.3. The molecule has 6 heteroatoms. The molecule has 1 heterocycles. The maximum Gasteiger partial charge on any atom is 0.160 e. The second-order valence-corrected chi connectivity index (χ2v) is 6.93. The molecule has 0 saturated heterocycles. The van der Waals surface area contributed by atoms with Crippen LogP contribution in [-0.4, -0.2) is 15.1 Å². The normalized spacial score (nSPS) is 11.8. The summed E-state index contributed by atoms with van der Waals surface area (Å²) in [4.78, 5) is 9.40. The summed E-state index contributed by atoms with van der Waals surface area (Å²) in [5.41, 5.74) is 11.7. The van der Waals surface area contributed by atoms with E-state index in [4.69, 9.17) is 27.1 Å². The van der Waals surface area contributed by atoms with Crippen molar-refractivity contribution in [3.8, 4) is 28.3 Å². The van der Waals surface area contributed by atoms with Crippen LogP contribution in [0, 0.1) is 5.53 Å². The summed E-state index contributed by atoms with van der Waals surface area (Å²) >= 11 is 6.18.